The van der Waals surface area contributed by atoms with Gasteiger partial charge in [0, 0.05) is 18.6 Å². The van der Waals surface area contributed by atoms with Gasteiger partial charge >= 0.3 is 6.18 Å². The highest BCUT2D eigenvalue weighted by Crippen LogP contribution is 2.19. The van der Waals surface area contributed by atoms with Crippen LogP contribution in [0.3, 0.4) is 0 Å². The van der Waals surface area contributed by atoms with Crippen LogP contribution in [0.2, 0.25) is 0 Å². The highest BCUT2D eigenvalue weighted by molar-refractivity contribution is 4.78. The highest BCUT2D eigenvalue weighted by atomic mass is 19.4. The summed E-state index contributed by atoms with van der Waals surface area (Å²) in [6.45, 7) is 4.56. The average molecular weight is 212 g/mol. The number of hydrogen-bond donors (Lipinski definition) is 1. The molecule has 0 aromatic rings. The number of alkyl halides is 3. The average Bonchev–Trinajstić information content (AvgIpc) is 1.99. The second-order valence-corrected chi connectivity index (χ2v) is 4.24. The van der Waals surface area contributed by atoms with Crippen LogP contribution in [-0.2, 0) is 0 Å². The van der Waals surface area contributed by atoms with Crippen molar-refractivity contribution in [3.05, 3.63) is 0 Å². The molecule has 86 valence electrons. The van der Waals surface area contributed by atoms with Crippen molar-refractivity contribution in [2.45, 2.75) is 32.0 Å². The molecule has 14 heavy (non-hydrogen) atoms. The zero-order valence-corrected chi connectivity index (χ0v) is 9.20. The molecule has 0 saturated carbocycles. The lowest BCUT2D eigenvalue weighted by molar-refractivity contribution is -0.137. The van der Waals surface area contributed by atoms with E-state index in [1.54, 1.807) is 19.0 Å². The summed E-state index contributed by atoms with van der Waals surface area (Å²) >= 11 is 0. The number of rotatable bonds is 5. The zero-order chi connectivity index (χ0) is 11.4. The van der Waals surface area contributed by atoms with E-state index in [0.29, 0.717) is 6.54 Å². The lowest BCUT2D eigenvalue weighted by Crippen LogP contribution is -2.46. The fraction of sp³-hybridized carbons (Fsp3) is 1.00. The van der Waals surface area contributed by atoms with E-state index in [-0.39, 0.29) is 12.1 Å². The van der Waals surface area contributed by atoms with Crippen LogP contribution in [0, 0.1) is 0 Å². The van der Waals surface area contributed by atoms with E-state index in [9.17, 15) is 13.2 Å². The molecule has 0 atom stereocenters. The minimum Gasteiger partial charge on any atom is -0.314 e. The Morgan fingerprint density at radius 3 is 2.07 bits per heavy atom. The summed E-state index contributed by atoms with van der Waals surface area (Å²) < 4.78 is 35.7. The van der Waals surface area contributed by atoms with Crippen molar-refractivity contribution in [2.75, 3.05) is 27.2 Å². The normalized spacial score (nSPS) is 13.7. The Morgan fingerprint density at radius 2 is 1.71 bits per heavy atom. The van der Waals surface area contributed by atoms with Gasteiger partial charge < -0.3 is 10.2 Å². The Morgan fingerprint density at radius 1 is 1.21 bits per heavy atom. The SMILES string of the molecule is CNC(C)(C)CN(C)CCC(F)(F)F. The van der Waals surface area contributed by atoms with Crippen LogP contribution >= 0.6 is 0 Å². The third-order valence-electron chi connectivity index (χ3n) is 2.12. The molecule has 0 unspecified atom stereocenters. The summed E-state index contributed by atoms with van der Waals surface area (Å²) in [6.07, 6.45) is -4.80. The Hall–Kier alpha value is -0.290. The van der Waals surface area contributed by atoms with Crippen molar-refractivity contribution in [1.82, 2.24) is 10.2 Å². The van der Waals surface area contributed by atoms with Gasteiger partial charge in [0.2, 0.25) is 0 Å². The summed E-state index contributed by atoms with van der Waals surface area (Å²) in [4.78, 5) is 1.68. The molecule has 0 amide bonds. The second kappa shape index (κ2) is 4.98. The van der Waals surface area contributed by atoms with E-state index in [2.05, 4.69) is 5.32 Å². The summed E-state index contributed by atoms with van der Waals surface area (Å²) in [5.74, 6) is 0. The van der Waals surface area contributed by atoms with Crippen molar-refractivity contribution in [2.24, 2.45) is 0 Å². The van der Waals surface area contributed by atoms with Crippen molar-refractivity contribution in [3.63, 3.8) is 0 Å². The van der Waals surface area contributed by atoms with E-state index in [1.165, 1.54) is 0 Å². The maximum Gasteiger partial charge on any atom is 0.390 e. The lowest BCUT2D eigenvalue weighted by Gasteiger charge is -2.30. The molecule has 2 nitrogen and oxygen atoms in total. The van der Waals surface area contributed by atoms with Gasteiger partial charge in [0.1, 0.15) is 0 Å². The predicted octanol–water partition coefficient (Wildman–Crippen LogP) is 1.87. The molecular formula is C9H19F3N2. The standard InChI is InChI=1S/C9H19F3N2/c1-8(2,13-3)7-14(4)6-5-9(10,11)12/h13H,5-7H2,1-4H3. The molecule has 0 aromatic heterocycles. The van der Waals surface area contributed by atoms with E-state index in [4.69, 9.17) is 0 Å². The third kappa shape index (κ3) is 7.15. The van der Waals surface area contributed by atoms with Crippen LogP contribution in [0.5, 0.6) is 0 Å². The summed E-state index contributed by atoms with van der Waals surface area (Å²) in [5.41, 5.74) is -0.152. The molecule has 1 N–H and O–H groups in total. The molecule has 0 spiro atoms. The van der Waals surface area contributed by atoms with Crippen LogP contribution in [0.1, 0.15) is 20.3 Å². The van der Waals surface area contributed by atoms with Crippen LogP contribution in [-0.4, -0.2) is 43.8 Å². The maximum atomic E-state index is 11.9. The molecule has 0 fully saturated rings. The van der Waals surface area contributed by atoms with E-state index in [1.807, 2.05) is 13.8 Å². The Labute approximate surface area is 83.5 Å². The second-order valence-electron chi connectivity index (χ2n) is 4.24. The van der Waals surface area contributed by atoms with Crippen LogP contribution in [0.25, 0.3) is 0 Å². The summed E-state index contributed by atoms with van der Waals surface area (Å²) in [5, 5.41) is 3.05. The molecule has 0 aliphatic rings. The molecule has 0 aliphatic carbocycles. The molecule has 5 heteroatoms. The minimum absolute atomic E-state index is 0.0502. The van der Waals surface area contributed by atoms with Gasteiger partial charge in [0.25, 0.3) is 0 Å². The first-order chi connectivity index (χ1) is 6.16. The highest BCUT2D eigenvalue weighted by Gasteiger charge is 2.28. The van der Waals surface area contributed by atoms with Gasteiger partial charge in [-0.25, -0.2) is 0 Å². The smallest absolute Gasteiger partial charge is 0.314 e. The Bertz CT molecular complexity index is 166. The van der Waals surface area contributed by atoms with Gasteiger partial charge in [-0.05, 0) is 27.9 Å². The molecule has 0 aromatic carbocycles. The Kier molecular flexibility index (Phi) is 4.88. The van der Waals surface area contributed by atoms with Crippen LogP contribution in [0.4, 0.5) is 13.2 Å². The van der Waals surface area contributed by atoms with E-state index < -0.39 is 12.6 Å². The van der Waals surface area contributed by atoms with Gasteiger partial charge in [-0.2, -0.15) is 13.2 Å². The summed E-state index contributed by atoms with van der Waals surface area (Å²) in [7, 11) is 3.50. The molecule has 0 radical (unpaired) electrons. The first-order valence-corrected chi connectivity index (χ1v) is 4.60. The largest absolute Gasteiger partial charge is 0.390 e. The lowest BCUT2D eigenvalue weighted by atomic mass is 10.1. The quantitative estimate of drug-likeness (QED) is 0.748. The fourth-order valence-corrected chi connectivity index (χ4v) is 1.15. The topological polar surface area (TPSA) is 15.3 Å². The Balaban J connectivity index is 3.82. The molecule has 0 heterocycles. The van der Waals surface area contributed by atoms with Crippen molar-refractivity contribution in [3.8, 4) is 0 Å². The number of halogens is 3. The molecule has 0 aliphatic heterocycles. The maximum absolute atomic E-state index is 11.9. The van der Waals surface area contributed by atoms with Crippen LogP contribution < -0.4 is 5.32 Å². The third-order valence-corrected chi connectivity index (χ3v) is 2.12. The molecule has 0 bridgehead atoms. The summed E-state index contributed by atoms with van der Waals surface area (Å²) in [6, 6.07) is 0. The van der Waals surface area contributed by atoms with E-state index in [0.717, 1.165) is 0 Å². The van der Waals surface area contributed by atoms with Gasteiger partial charge in [0.05, 0.1) is 6.42 Å². The number of nitrogens with one attached hydrogen (secondary N) is 1. The van der Waals surface area contributed by atoms with Crippen molar-refractivity contribution < 1.29 is 13.2 Å². The van der Waals surface area contributed by atoms with Gasteiger partial charge in [-0.3, -0.25) is 0 Å². The fourth-order valence-electron chi connectivity index (χ4n) is 1.15. The molecule has 0 rings (SSSR count). The molecular weight excluding hydrogens is 193 g/mol. The monoisotopic (exact) mass is 212 g/mol. The predicted molar refractivity (Wildman–Crippen MR) is 51.3 cm³/mol. The van der Waals surface area contributed by atoms with Crippen LogP contribution in [0.15, 0.2) is 0 Å². The van der Waals surface area contributed by atoms with Gasteiger partial charge in [-0.15, -0.1) is 0 Å². The number of likely N-dealkylation sites (N-methyl/N-ethyl adjacent to an activating group) is 2. The number of nitrogens with zero attached hydrogens (tertiary/aromatic N) is 1. The molecule has 0 saturated heterocycles. The first kappa shape index (κ1) is 13.7. The van der Waals surface area contributed by atoms with Crippen molar-refractivity contribution in [1.29, 1.82) is 0 Å². The van der Waals surface area contributed by atoms with Gasteiger partial charge in [0.15, 0.2) is 0 Å². The van der Waals surface area contributed by atoms with E-state index >= 15 is 0 Å². The minimum atomic E-state index is -4.06. The first-order valence-electron chi connectivity index (χ1n) is 4.60. The zero-order valence-electron chi connectivity index (χ0n) is 9.20. The number of hydrogen-bond acceptors (Lipinski definition) is 2. The van der Waals surface area contributed by atoms with Crippen molar-refractivity contribution >= 4 is 0 Å². The van der Waals surface area contributed by atoms with Gasteiger partial charge in [-0.1, -0.05) is 0 Å².